The maximum absolute atomic E-state index is 11.6. The van der Waals surface area contributed by atoms with E-state index < -0.39 is 0 Å². The molecule has 0 radical (unpaired) electrons. The molecule has 0 saturated carbocycles. The van der Waals surface area contributed by atoms with Crippen molar-refractivity contribution in [2.24, 2.45) is 0 Å². The Labute approximate surface area is 79.6 Å². The van der Waals surface area contributed by atoms with Gasteiger partial charge in [-0.1, -0.05) is 12.1 Å². The monoisotopic (exact) mass is 191 g/mol. The fraction of sp³-hybridized carbons (Fsp3) is 0.100. The smallest absolute Gasteiger partial charge is 0.210 e. The minimum atomic E-state index is -0.0579. The predicted molar refractivity (Wildman–Crippen MR) is 57.2 cm³/mol. The molecule has 0 amide bonds. The third-order valence-electron chi connectivity index (χ3n) is 2.02. The van der Waals surface area contributed by atoms with Crippen molar-refractivity contribution in [1.82, 2.24) is 0 Å². The lowest BCUT2D eigenvalue weighted by Gasteiger charge is -1.99. The van der Waals surface area contributed by atoms with Gasteiger partial charge in [-0.05, 0) is 18.6 Å². The third-order valence-corrected chi connectivity index (χ3v) is 3.17. The van der Waals surface area contributed by atoms with Crippen LogP contribution in [0.2, 0.25) is 0 Å². The summed E-state index contributed by atoms with van der Waals surface area (Å²) < 4.78 is 1.03. The summed E-state index contributed by atoms with van der Waals surface area (Å²) in [5.41, 5.74) is 6.94. The van der Waals surface area contributed by atoms with E-state index in [0.29, 0.717) is 5.69 Å². The highest BCUT2D eigenvalue weighted by Crippen LogP contribution is 2.20. The van der Waals surface area contributed by atoms with Crippen LogP contribution < -0.4 is 11.2 Å². The van der Waals surface area contributed by atoms with Crippen molar-refractivity contribution in [3.8, 4) is 0 Å². The summed E-state index contributed by atoms with van der Waals surface area (Å²) in [6, 6.07) is 5.69. The first-order valence-electron chi connectivity index (χ1n) is 3.97. The zero-order valence-electron chi connectivity index (χ0n) is 7.20. The molecule has 66 valence electrons. The van der Waals surface area contributed by atoms with E-state index in [1.165, 1.54) is 11.3 Å². The number of benzene rings is 1. The van der Waals surface area contributed by atoms with Crippen LogP contribution in [-0.4, -0.2) is 0 Å². The topological polar surface area (TPSA) is 43.1 Å². The van der Waals surface area contributed by atoms with Crippen molar-refractivity contribution >= 4 is 27.1 Å². The molecule has 0 saturated heterocycles. The van der Waals surface area contributed by atoms with Gasteiger partial charge in [-0.2, -0.15) is 0 Å². The summed E-state index contributed by atoms with van der Waals surface area (Å²) >= 11 is 1.52. The van der Waals surface area contributed by atoms with Crippen molar-refractivity contribution in [1.29, 1.82) is 0 Å². The third kappa shape index (κ3) is 1.21. The summed E-state index contributed by atoms with van der Waals surface area (Å²) in [5, 5.41) is 2.43. The molecule has 2 aromatic rings. The van der Waals surface area contributed by atoms with Gasteiger partial charge in [-0.3, -0.25) is 4.79 Å². The van der Waals surface area contributed by atoms with E-state index in [-0.39, 0.29) is 5.43 Å². The highest BCUT2D eigenvalue weighted by atomic mass is 32.1. The number of anilines is 1. The van der Waals surface area contributed by atoms with E-state index >= 15 is 0 Å². The van der Waals surface area contributed by atoms with Crippen LogP contribution in [0.25, 0.3) is 10.1 Å². The van der Waals surface area contributed by atoms with Gasteiger partial charge in [0.05, 0.1) is 5.69 Å². The number of nitrogen functional groups attached to an aromatic ring is 1. The Morgan fingerprint density at radius 1 is 1.38 bits per heavy atom. The molecule has 0 aliphatic rings. The van der Waals surface area contributed by atoms with Crippen LogP contribution in [0.3, 0.4) is 0 Å². The first-order valence-corrected chi connectivity index (χ1v) is 4.84. The van der Waals surface area contributed by atoms with Crippen molar-refractivity contribution in [2.45, 2.75) is 6.92 Å². The molecule has 2 N–H and O–H groups in total. The van der Waals surface area contributed by atoms with Crippen molar-refractivity contribution in [2.75, 3.05) is 5.73 Å². The maximum Gasteiger partial charge on any atom is 0.210 e. The molecule has 2 rings (SSSR count). The number of hydrogen-bond donors (Lipinski definition) is 1. The average molecular weight is 191 g/mol. The predicted octanol–water partition coefficient (Wildman–Crippen LogP) is 2.15. The summed E-state index contributed by atoms with van der Waals surface area (Å²) in [4.78, 5) is 11.6. The Morgan fingerprint density at radius 2 is 2.15 bits per heavy atom. The fourth-order valence-corrected chi connectivity index (χ4v) is 2.21. The average Bonchev–Trinajstić information content (AvgIpc) is 2.12. The molecule has 0 aliphatic heterocycles. The van der Waals surface area contributed by atoms with Gasteiger partial charge in [0.25, 0.3) is 0 Å². The van der Waals surface area contributed by atoms with Gasteiger partial charge in [-0.25, -0.2) is 0 Å². The number of fused-ring (bicyclic) bond motifs is 1. The molecule has 3 heteroatoms. The first-order chi connectivity index (χ1) is 6.20. The Morgan fingerprint density at radius 3 is 2.92 bits per heavy atom. The van der Waals surface area contributed by atoms with Crippen LogP contribution in [0.15, 0.2) is 28.4 Å². The lowest BCUT2D eigenvalue weighted by Crippen LogP contribution is -2.06. The molecule has 0 unspecified atom stereocenters. The molecule has 0 fully saturated rings. The number of rotatable bonds is 0. The molecule has 1 heterocycles. The van der Waals surface area contributed by atoms with E-state index in [2.05, 4.69) is 0 Å². The fourth-order valence-electron chi connectivity index (χ4n) is 1.32. The van der Waals surface area contributed by atoms with Gasteiger partial charge in [0.1, 0.15) is 0 Å². The van der Waals surface area contributed by atoms with E-state index in [0.717, 1.165) is 15.6 Å². The van der Waals surface area contributed by atoms with Gasteiger partial charge < -0.3 is 5.73 Å². The van der Waals surface area contributed by atoms with Crippen LogP contribution >= 0.6 is 11.3 Å². The van der Waals surface area contributed by atoms with Crippen LogP contribution in [0, 0.1) is 6.92 Å². The van der Waals surface area contributed by atoms with E-state index in [9.17, 15) is 4.79 Å². The van der Waals surface area contributed by atoms with Crippen LogP contribution in [0.4, 0.5) is 5.69 Å². The number of hydrogen-bond acceptors (Lipinski definition) is 3. The largest absolute Gasteiger partial charge is 0.395 e. The van der Waals surface area contributed by atoms with E-state index in [1.807, 2.05) is 25.1 Å². The molecule has 1 aromatic carbocycles. The SMILES string of the molecule is Cc1cccc2c(=O)c(N)csc12. The Kier molecular flexibility index (Phi) is 1.81. The molecule has 0 bridgehead atoms. The van der Waals surface area contributed by atoms with E-state index in [4.69, 9.17) is 5.73 Å². The second-order valence-corrected chi connectivity index (χ2v) is 3.85. The van der Waals surface area contributed by atoms with Gasteiger partial charge in [0.2, 0.25) is 5.43 Å². The van der Waals surface area contributed by atoms with Crippen LogP contribution in [0.5, 0.6) is 0 Å². The van der Waals surface area contributed by atoms with Crippen molar-refractivity contribution in [3.63, 3.8) is 0 Å². The van der Waals surface area contributed by atoms with Crippen molar-refractivity contribution < 1.29 is 0 Å². The molecular formula is C10H9NOS. The van der Waals surface area contributed by atoms with E-state index in [1.54, 1.807) is 5.38 Å². The molecule has 2 nitrogen and oxygen atoms in total. The quantitative estimate of drug-likeness (QED) is 0.693. The zero-order chi connectivity index (χ0) is 9.42. The summed E-state index contributed by atoms with van der Waals surface area (Å²) in [6.07, 6.45) is 0. The first kappa shape index (κ1) is 8.26. The molecular weight excluding hydrogens is 182 g/mol. The van der Waals surface area contributed by atoms with Crippen LogP contribution in [-0.2, 0) is 0 Å². The van der Waals surface area contributed by atoms with Gasteiger partial charge in [0, 0.05) is 15.5 Å². The summed E-state index contributed by atoms with van der Waals surface area (Å²) in [6.45, 7) is 1.99. The maximum atomic E-state index is 11.6. The van der Waals surface area contributed by atoms with Crippen LogP contribution in [0.1, 0.15) is 5.56 Å². The molecule has 0 aliphatic carbocycles. The highest BCUT2D eigenvalue weighted by Gasteiger charge is 2.03. The van der Waals surface area contributed by atoms with Gasteiger partial charge in [-0.15, -0.1) is 11.3 Å². The zero-order valence-corrected chi connectivity index (χ0v) is 8.02. The Hall–Kier alpha value is -1.35. The second-order valence-electron chi connectivity index (χ2n) is 2.97. The molecule has 0 spiro atoms. The molecule has 13 heavy (non-hydrogen) atoms. The minimum absolute atomic E-state index is 0.0579. The van der Waals surface area contributed by atoms with Gasteiger partial charge in [0.15, 0.2) is 0 Å². The van der Waals surface area contributed by atoms with Gasteiger partial charge >= 0.3 is 0 Å². The number of aryl methyl sites for hydroxylation is 1. The highest BCUT2D eigenvalue weighted by molar-refractivity contribution is 7.17. The summed E-state index contributed by atoms with van der Waals surface area (Å²) in [5.74, 6) is 0. The second kappa shape index (κ2) is 2.85. The van der Waals surface area contributed by atoms with Crippen molar-refractivity contribution in [3.05, 3.63) is 39.4 Å². The Balaban J connectivity index is 3.03. The number of nitrogens with two attached hydrogens (primary N) is 1. The molecule has 0 atom stereocenters. The lowest BCUT2D eigenvalue weighted by molar-refractivity contribution is 1.55. The summed E-state index contributed by atoms with van der Waals surface area (Å²) in [7, 11) is 0. The standard InChI is InChI=1S/C10H9NOS/c1-6-3-2-4-7-9(12)8(11)5-13-10(6)7/h2-5H,11H2,1H3. The Bertz CT molecular complexity index is 516. The molecule has 1 aromatic heterocycles. The lowest BCUT2D eigenvalue weighted by atomic mass is 10.2. The normalized spacial score (nSPS) is 10.5. The minimum Gasteiger partial charge on any atom is -0.395 e.